The number of aromatic nitrogens is 2. The van der Waals surface area contributed by atoms with Gasteiger partial charge in [-0.3, -0.25) is 13.9 Å². The van der Waals surface area contributed by atoms with Gasteiger partial charge in [0.1, 0.15) is 6.54 Å². The van der Waals surface area contributed by atoms with Gasteiger partial charge < -0.3 is 5.32 Å². The molecule has 0 unspecified atom stereocenters. The van der Waals surface area contributed by atoms with E-state index in [-0.39, 0.29) is 24.2 Å². The molecule has 1 aromatic carbocycles. The number of fused-ring (bicyclic) bond motifs is 1. The summed E-state index contributed by atoms with van der Waals surface area (Å²) in [5.41, 5.74) is 1.60. The lowest BCUT2D eigenvalue weighted by Gasteiger charge is -2.27. The van der Waals surface area contributed by atoms with Crippen LogP contribution in [0.5, 0.6) is 0 Å². The maximum Gasteiger partial charge on any atom is 0.329 e. The molecular weight excluding hydrogens is 290 g/mol. The second-order valence-corrected chi connectivity index (χ2v) is 6.64. The summed E-state index contributed by atoms with van der Waals surface area (Å²) < 4.78 is 3.30. The van der Waals surface area contributed by atoms with Crippen LogP contribution >= 0.6 is 0 Å². The van der Waals surface area contributed by atoms with E-state index in [1.807, 2.05) is 31.2 Å². The van der Waals surface area contributed by atoms with Crippen molar-refractivity contribution >= 4 is 16.9 Å². The van der Waals surface area contributed by atoms with Crippen molar-refractivity contribution in [2.24, 2.45) is 5.92 Å². The maximum atomic E-state index is 12.5. The summed E-state index contributed by atoms with van der Waals surface area (Å²) in [6, 6.07) is 7.90. The first kappa shape index (κ1) is 15.8. The van der Waals surface area contributed by atoms with E-state index in [2.05, 4.69) is 12.2 Å². The maximum absolute atomic E-state index is 12.5. The van der Waals surface area contributed by atoms with Crippen molar-refractivity contribution in [3.05, 3.63) is 34.7 Å². The summed E-state index contributed by atoms with van der Waals surface area (Å²) in [7, 11) is 0. The Morgan fingerprint density at radius 3 is 2.57 bits per heavy atom. The third-order valence-corrected chi connectivity index (χ3v) is 4.84. The zero-order valence-electron chi connectivity index (χ0n) is 13.9. The molecule has 0 saturated heterocycles. The van der Waals surface area contributed by atoms with Crippen molar-refractivity contribution < 1.29 is 4.79 Å². The minimum atomic E-state index is -0.110. The van der Waals surface area contributed by atoms with E-state index in [4.69, 9.17) is 0 Å². The zero-order valence-corrected chi connectivity index (χ0v) is 13.9. The Morgan fingerprint density at radius 2 is 1.91 bits per heavy atom. The second-order valence-electron chi connectivity index (χ2n) is 6.64. The van der Waals surface area contributed by atoms with Crippen LogP contribution in [0.3, 0.4) is 0 Å². The highest BCUT2D eigenvalue weighted by atomic mass is 16.2. The molecule has 0 bridgehead atoms. The van der Waals surface area contributed by atoms with Gasteiger partial charge >= 0.3 is 5.69 Å². The van der Waals surface area contributed by atoms with Gasteiger partial charge in [-0.1, -0.05) is 31.9 Å². The first-order valence-corrected chi connectivity index (χ1v) is 8.57. The van der Waals surface area contributed by atoms with Crippen LogP contribution in [0.1, 0.15) is 39.5 Å². The fourth-order valence-corrected chi connectivity index (χ4v) is 3.71. The molecule has 1 aliphatic carbocycles. The highest BCUT2D eigenvalue weighted by molar-refractivity contribution is 5.81. The van der Waals surface area contributed by atoms with Crippen LogP contribution in [-0.2, 0) is 17.9 Å². The number of nitrogens with one attached hydrogen (secondary N) is 1. The molecule has 1 aromatic heterocycles. The smallest absolute Gasteiger partial charge is 0.329 e. The summed E-state index contributed by atoms with van der Waals surface area (Å²) in [4.78, 5) is 24.9. The summed E-state index contributed by atoms with van der Waals surface area (Å²) in [5, 5.41) is 3.11. The zero-order chi connectivity index (χ0) is 16.4. The van der Waals surface area contributed by atoms with Gasteiger partial charge in [-0.15, -0.1) is 0 Å². The molecule has 5 nitrogen and oxygen atoms in total. The fraction of sp³-hybridized carbons (Fsp3) is 0.556. The monoisotopic (exact) mass is 315 g/mol. The first-order valence-electron chi connectivity index (χ1n) is 8.57. The molecular formula is C18H25N3O2. The van der Waals surface area contributed by atoms with E-state index in [0.717, 1.165) is 23.9 Å². The van der Waals surface area contributed by atoms with E-state index in [9.17, 15) is 9.59 Å². The van der Waals surface area contributed by atoms with Crippen LogP contribution in [-0.4, -0.2) is 21.1 Å². The quantitative estimate of drug-likeness (QED) is 0.942. The number of para-hydroxylation sites is 2. The van der Waals surface area contributed by atoms with Crippen molar-refractivity contribution in [3.63, 3.8) is 0 Å². The molecule has 1 N–H and O–H groups in total. The number of nitrogens with zero attached hydrogens (tertiary/aromatic N) is 2. The average molecular weight is 315 g/mol. The SMILES string of the molecule is CCn1c(=O)n(CC(=O)N[C@@H]2CCC[C@@H](C)C2)c2ccccc21. The van der Waals surface area contributed by atoms with Gasteiger partial charge in [0.15, 0.2) is 0 Å². The third kappa shape index (κ3) is 3.19. The van der Waals surface area contributed by atoms with Crippen LogP contribution in [0, 0.1) is 5.92 Å². The Balaban J connectivity index is 1.80. The number of carbonyl (C=O) groups is 1. The Kier molecular flexibility index (Phi) is 4.55. The predicted molar refractivity (Wildman–Crippen MR) is 91.4 cm³/mol. The average Bonchev–Trinajstić information content (AvgIpc) is 2.79. The molecule has 0 radical (unpaired) electrons. The molecule has 2 atom stereocenters. The Bertz CT molecular complexity index is 759. The van der Waals surface area contributed by atoms with Gasteiger partial charge in [-0.2, -0.15) is 0 Å². The lowest BCUT2D eigenvalue weighted by Crippen LogP contribution is -2.41. The van der Waals surface area contributed by atoms with Crippen LogP contribution in [0.25, 0.3) is 11.0 Å². The van der Waals surface area contributed by atoms with Gasteiger partial charge in [-0.05, 0) is 37.8 Å². The number of aryl methyl sites for hydroxylation is 1. The molecule has 2 aromatic rings. The number of imidazole rings is 1. The number of benzene rings is 1. The van der Waals surface area contributed by atoms with Crippen LogP contribution < -0.4 is 11.0 Å². The van der Waals surface area contributed by atoms with Crippen molar-refractivity contribution in [2.75, 3.05) is 0 Å². The standard InChI is InChI=1S/C18H25N3O2/c1-3-20-15-9-4-5-10-16(15)21(18(20)23)12-17(22)19-14-8-6-7-13(2)11-14/h4-5,9-10,13-14H,3,6-8,11-12H2,1-2H3,(H,19,22)/t13-,14-/m1/s1. The molecule has 1 fully saturated rings. The van der Waals surface area contributed by atoms with E-state index in [1.165, 1.54) is 12.8 Å². The normalized spacial score (nSPS) is 21.5. The largest absolute Gasteiger partial charge is 0.352 e. The van der Waals surface area contributed by atoms with E-state index >= 15 is 0 Å². The second kappa shape index (κ2) is 6.60. The number of carbonyl (C=O) groups excluding carboxylic acids is 1. The van der Waals surface area contributed by atoms with Crippen LogP contribution in [0.15, 0.2) is 29.1 Å². The number of hydrogen-bond donors (Lipinski definition) is 1. The topological polar surface area (TPSA) is 56.0 Å². The Labute approximate surface area is 136 Å². The van der Waals surface area contributed by atoms with Crippen molar-refractivity contribution in [3.8, 4) is 0 Å². The van der Waals surface area contributed by atoms with Gasteiger partial charge in [0.2, 0.25) is 5.91 Å². The van der Waals surface area contributed by atoms with Gasteiger partial charge in [-0.25, -0.2) is 4.79 Å². The summed E-state index contributed by atoms with van der Waals surface area (Å²) >= 11 is 0. The molecule has 0 aliphatic heterocycles. The van der Waals surface area contributed by atoms with E-state index in [0.29, 0.717) is 12.5 Å². The summed E-state index contributed by atoms with van der Waals surface area (Å²) in [5.74, 6) is 0.601. The minimum Gasteiger partial charge on any atom is -0.352 e. The molecule has 1 saturated carbocycles. The van der Waals surface area contributed by atoms with Crippen molar-refractivity contribution in [2.45, 2.75) is 58.7 Å². The van der Waals surface area contributed by atoms with Crippen molar-refractivity contribution in [1.29, 1.82) is 0 Å². The molecule has 124 valence electrons. The lowest BCUT2D eigenvalue weighted by molar-refractivity contribution is -0.122. The molecule has 23 heavy (non-hydrogen) atoms. The molecule has 5 heteroatoms. The minimum absolute atomic E-state index is 0.0646. The lowest BCUT2D eigenvalue weighted by atomic mass is 9.87. The number of amides is 1. The molecule has 3 rings (SSSR count). The molecule has 1 heterocycles. The van der Waals surface area contributed by atoms with Crippen LogP contribution in [0.4, 0.5) is 0 Å². The first-order chi connectivity index (χ1) is 11.1. The molecule has 0 spiro atoms. The highest BCUT2D eigenvalue weighted by Crippen LogP contribution is 2.23. The van der Waals surface area contributed by atoms with E-state index < -0.39 is 0 Å². The summed E-state index contributed by atoms with van der Waals surface area (Å²) in [6.45, 7) is 4.88. The Hall–Kier alpha value is -2.04. The Morgan fingerprint density at radius 1 is 1.22 bits per heavy atom. The fourth-order valence-electron chi connectivity index (χ4n) is 3.71. The van der Waals surface area contributed by atoms with Crippen LogP contribution in [0.2, 0.25) is 0 Å². The molecule has 1 amide bonds. The molecule has 1 aliphatic rings. The highest BCUT2D eigenvalue weighted by Gasteiger charge is 2.21. The van der Waals surface area contributed by atoms with Crippen molar-refractivity contribution in [1.82, 2.24) is 14.5 Å². The predicted octanol–water partition coefficient (Wildman–Crippen LogP) is 2.52. The number of rotatable bonds is 4. The van der Waals surface area contributed by atoms with E-state index in [1.54, 1.807) is 9.13 Å². The van der Waals surface area contributed by atoms with Gasteiger partial charge in [0, 0.05) is 12.6 Å². The van der Waals surface area contributed by atoms with Gasteiger partial charge in [0.05, 0.1) is 11.0 Å². The summed E-state index contributed by atoms with van der Waals surface area (Å²) in [6.07, 6.45) is 4.50. The number of hydrogen-bond acceptors (Lipinski definition) is 2. The van der Waals surface area contributed by atoms with Gasteiger partial charge in [0.25, 0.3) is 0 Å². The third-order valence-electron chi connectivity index (χ3n) is 4.84.